The van der Waals surface area contributed by atoms with E-state index in [0.717, 1.165) is 17.7 Å². The molecule has 0 aromatic carbocycles. The molecule has 0 amide bonds. The predicted molar refractivity (Wildman–Crippen MR) is 51.3 cm³/mol. The van der Waals surface area contributed by atoms with Crippen molar-refractivity contribution in [2.75, 3.05) is 7.05 Å². The van der Waals surface area contributed by atoms with E-state index in [0.29, 0.717) is 0 Å². The molecule has 60 valence electrons. The Kier molecular flexibility index (Phi) is 4.91. The fraction of sp³-hybridized carbons (Fsp3) is 0.200. The van der Waals surface area contributed by atoms with Crippen molar-refractivity contribution in [3.63, 3.8) is 0 Å². The van der Waals surface area contributed by atoms with E-state index in [2.05, 4.69) is 25.1 Å². The lowest BCUT2D eigenvalue weighted by Crippen LogP contribution is -2.04. The standard InChI is InChI=1S/C10H15N/c1-5-7-10(6-2)8-9(3)11-4/h5-7,11H,1-3,8H2,4H3/b10-7+. The van der Waals surface area contributed by atoms with Crippen LogP contribution < -0.4 is 5.32 Å². The Bertz CT molecular complexity index is 187. The molecule has 0 aliphatic rings. The molecule has 0 bridgehead atoms. The zero-order chi connectivity index (χ0) is 8.69. The highest BCUT2D eigenvalue weighted by Gasteiger charge is 1.92. The van der Waals surface area contributed by atoms with Crippen molar-refractivity contribution in [3.05, 3.63) is 49.2 Å². The van der Waals surface area contributed by atoms with Gasteiger partial charge in [0.25, 0.3) is 0 Å². The van der Waals surface area contributed by atoms with Gasteiger partial charge in [0.1, 0.15) is 0 Å². The highest BCUT2D eigenvalue weighted by molar-refractivity contribution is 5.25. The van der Waals surface area contributed by atoms with Gasteiger partial charge in [-0.15, -0.1) is 0 Å². The fourth-order valence-corrected chi connectivity index (χ4v) is 0.685. The van der Waals surface area contributed by atoms with Crippen LogP contribution >= 0.6 is 0 Å². The van der Waals surface area contributed by atoms with Gasteiger partial charge >= 0.3 is 0 Å². The third-order valence-electron chi connectivity index (χ3n) is 1.37. The summed E-state index contributed by atoms with van der Waals surface area (Å²) in [5.74, 6) is 0. The van der Waals surface area contributed by atoms with Crippen LogP contribution in [0.25, 0.3) is 0 Å². The van der Waals surface area contributed by atoms with Crippen LogP contribution in [-0.4, -0.2) is 7.05 Å². The zero-order valence-electron chi connectivity index (χ0n) is 7.06. The highest BCUT2D eigenvalue weighted by Crippen LogP contribution is 2.07. The smallest absolute Gasteiger partial charge is 0.0116 e. The summed E-state index contributed by atoms with van der Waals surface area (Å²) < 4.78 is 0. The number of rotatable bonds is 5. The number of hydrogen-bond acceptors (Lipinski definition) is 1. The zero-order valence-corrected chi connectivity index (χ0v) is 7.06. The Morgan fingerprint density at radius 3 is 2.45 bits per heavy atom. The quantitative estimate of drug-likeness (QED) is 0.592. The topological polar surface area (TPSA) is 12.0 Å². The maximum Gasteiger partial charge on any atom is 0.0116 e. The fourth-order valence-electron chi connectivity index (χ4n) is 0.685. The summed E-state index contributed by atoms with van der Waals surface area (Å²) >= 11 is 0. The largest absolute Gasteiger partial charge is 0.392 e. The molecule has 11 heavy (non-hydrogen) atoms. The number of nitrogens with one attached hydrogen (secondary N) is 1. The minimum atomic E-state index is 0.812. The molecule has 0 saturated heterocycles. The molecule has 1 nitrogen and oxygen atoms in total. The van der Waals surface area contributed by atoms with Gasteiger partial charge in [0.05, 0.1) is 0 Å². The first-order valence-corrected chi connectivity index (χ1v) is 3.54. The average Bonchev–Trinajstić information content (AvgIpc) is 2.03. The van der Waals surface area contributed by atoms with Crippen molar-refractivity contribution < 1.29 is 0 Å². The van der Waals surface area contributed by atoms with Crippen molar-refractivity contribution in [1.82, 2.24) is 5.32 Å². The van der Waals surface area contributed by atoms with Crippen LogP contribution in [0.4, 0.5) is 0 Å². The molecule has 1 N–H and O–H groups in total. The average molecular weight is 149 g/mol. The van der Waals surface area contributed by atoms with Gasteiger partial charge in [-0.05, 0) is 5.57 Å². The van der Waals surface area contributed by atoms with Crippen molar-refractivity contribution in [2.24, 2.45) is 0 Å². The van der Waals surface area contributed by atoms with E-state index in [1.807, 2.05) is 19.2 Å². The normalized spacial score (nSPS) is 10.5. The molecule has 0 radical (unpaired) electrons. The second kappa shape index (κ2) is 5.54. The van der Waals surface area contributed by atoms with Crippen molar-refractivity contribution >= 4 is 0 Å². The van der Waals surface area contributed by atoms with Gasteiger partial charge in [-0.3, -0.25) is 0 Å². The molecule has 1 heteroatoms. The van der Waals surface area contributed by atoms with Crippen LogP contribution in [0.15, 0.2) is 49.2 Å². The molecule has 0 aliphatic heterocycles. The van der Waals surface area contributed by atoms with E-state index < -0.39 is 0 Å². The minimum absolute atomic E-state index is 0.812. The van der Waals surface area contributed by atoms with Crippen molar-refractivity contribution in [1.29, 1.82) is 0 Å². The van der Waals surface area contributed by atoms with Crippen LogP contribution in [0.2, 0.25) is 0 Å². The first-order chi connectivity index (χ1) is 5.24. The van der Waals surface area contributed by atoms with Crippen LogP contribution in [0.3, 0.4) is 0 Å². The van der Waals surface area contributed by atoms with E-state index in [-0.39, 0.29) is 0 Å². The van der Waals surface area contributed by atoms with E-state index >= 15 is 0 Å². The maximum absolute atomic E-state index is 3.81. The first kappa shape index (κ1) is 9.76. The van der Waals surface area contributed by atoms with E-state index in [1.165, 1.54) is 0 Å². The van der Waals surface area contributed by atoms with Crippen LogP contribution in [0, 0.1) is 0 Å². The summed E-state index contributed by atoms with van der Waals surface area (Å²) in [6.45, 7) is 11.1. The second-order valence-electron chi connectivity index (χ2n) is 2.21. The molecule has 0 unspecified atom stereocenters. The molecule has 0 atom stereocenters. The molecule has 0 aromatic heterocycles. The lowest BCUT2D eigenvalue weighted by Gasteiger charge is -2.03. The molecule has 0 heterocycles. The van der Waals surface area contributed by atoms with Gasteiger partial charge in [0, 0.05) is 19.2 Å². The summed E-state index contributed by atoms with van der Waals surface area (Å²) in [4.78, 5) is 0. The first-order valence-electron chi connectivity index (χ1n) is 3.54. The maximum atomic E-state index is 3.81. The molecule has 0 aliphatic carbocycles. The Morgan fingerprint density at radius 2 is 2.09 bits per heavy atom. The third kappa shape index (κ3) is 4.20. The van der Waals surface area contributed by atoms with Gasteiger partial charge in [0.2, 0.25) is 0 Å². The number of allylic oxidation sites excluding steroid dienone is 4. The second-order valence-corrected chi connectivity index (χ2v) is 2.21. The van der Waals surface area contributed by atoms with Crippen molar-refractivity contribution in [2.45, 2.75) is 6.42 Å². The molecular weight excluding hydrogens is 134 g/mol. The summed E-state index contributed by atoms with van der Waals surface area (Å²) in [6.07, 6.45) is 6.30. The van der Waals surface area contributed by atoms with E-state index in [4.69, 9.17) is 0 Å². The summed E-state index contributed by atoms with van der Waals surface area (Å²) in [5, 5.41) is 2.97. The van der Waals surface area contributed by atoms with Crippen LogP contribution in [0.1, 0.15) is 6.42 Å². The van der Waals surface area contributed by atoms with Gasteiger partial charge < -0.3 is 5.32 Å². The monoisotopic (exact) mass is 149 g/mol. The third-order valence-corrected chi connectivity index (χ3v) is 1.37. The van der Waals surface area contributed by atoms with Gasteiger partial charge in [-0.25, -0.2) is 0 Å². The molecular formula is C10H15N. The Labute approximate surface area is 68.8 Å². The SMILES string of the molecule is C=C/C=C(\C=C)CC(=C)NC. The molecule has 0 fully saturated rings. The molecule has 0 rings (SSSR count). The summed E-state index contributed by atoms with van der Waals surface area (Å²) in [7, 11) is 1.86. The Morgan fingerprint density at radius 1 is 1.45 bits per heavy atom. The lowest BCUT2D eigenvalue weighted by molar-refractivity contribution is 0.931. The van der Waals surface area contributed by atoms with Gasteiger partial charge in [0.15, 0.2) is 0 Å². The van der Waals surface area contributed by atoms with Crippen LogP contribution in [0.5, 0.6) is 0 Å². The van der Waals surface area contributed by atoms with E-state index in [1.54, 1.807) is 6.08 Å². The number of hydrogen-bond donors (Lipinski definition) is 1. The highest BCUT2D eigenvalue weighted by atomic mass is 14.8. The molecule has 0 spiro atoms. The van der Waals surface area contributed by atoms with E-state index in [9.17, 15) is 0 Å². The lowest BCUT2D eigenvalue weighted by atomic mass is 10.1. The molecule has 0 aromatic rings. The van der Waals surface area contributed by atoms with Gasteiger partial charge in [-0.2, -0.15) is 0 Å². The van der Waals surface area contributed by atoms with Crippen LogP contribution in [-0.2, 0) is 0 Å². The summed E-state index contributed by atoms with van der Waals surface area (Å²) in [6, 6.07) is 0. The summed E-state index contributed by atoms with van der Waals surface area (Å²) in [5.41, 5.74) is 2.11. The Balaban J connectivity index is 4.08. The Hall–Kier alpha value is -1.24. The van der Waals surface area contributed by atoms with Gasteiger partial charge in [-0.1, -0.05) is 38.0 Å². The molecule has 0 saturated carbocycles. The predicted octanol–water partition coefficient (Wildman–Crippen LogP) is 2.41. The minimum Gasteiger partial charge on any atom is -0.392 e. The van der Waals surface area contributed by atoms with Crippen molar-refractivity contribution in [3.8, 4) is 0 Å².